The van der Waals surface area contributed by atoms with Crippen LogP contribution in [0.25, 0.3) is 0 Å². The molecule has 0 N–H and O–H groups in total. The molecular formula is C21H23ClO2. The molecule has 0 aliphatic heterocycles. The zero-order valence-electron chi connectivity index (χ0n) is 14.0. The molecule has 126 valence electrons. The Hall–Kier alpha value is -1.93. The number of hydrogen-bond donors (Lipinski definition) is 0. The molecule has 0 aliphatic rings. The van der Waals surface area contributed by atoms with Crippen molar-refractivity contribution in [2.24, 2.45) is 0 Å². The number of ketones is 2. The molecule has 0 aromatic heterocycles. The van der Waals surface area contributed by atoms with Gasteiger partial charge in [-0.15, -0.1) is 0 Å². The first-order valence-electron chi connectivity index (χ1n) is 8.49. The molecule has 2 aromatic rings. The number of carbonyl (C=O) groups excluding carboxylic acids is 2. The van der Waals surface area contributed by atoms with E-state index in [1.165, 1.54) is 0 Å². The van der Waals surface area contributed by atoms with Gasteiger partial charge in [0.2, 0.25) is 0 Å². The van der Waals surface area contributed by atoms with Crippen LogP contribution in [0.15, 0.2) is 54.6 Å². The third-order valence-electron chi connectivity index (χ3n) is 4.18. The fraction of sp³-hybridized carbons (Fsp3) is 0.333. The van der Waals surface area contributed by atoms with E-state index in [0.717, 1.165) is 24.8 Å². The third kappa shape index (κ3) is 5.04. The van der Waals surface area contributed by atoms with Crippen LogP contribution >= 0.6 is 11.6 Å². The van der Waals surface area contributed by atoms with Crippen LogP contribution in [0.3, 0.4) is 0 Å². The quantitative estimate of drug-likeness (QED) is 0.423. The highest BCUT2D eigenvalue weighted by molar-refractivity contribution is 6.31. The van der Waals surface area contributed by atoms with Crippen molar-refractivity contribution in [3.05, 3.63) is 70.7 Å². The average Bonchev–Trinajstić information content (AvgIpc) is 2.61. The minimum Gasteiger partial charge on any atom is -0.299 e. The molecule has 0 saturated heterocycles. The number of rotatable bonds is 9. The van der Waals surface area contributed by atoms with Gasteiger partial charge in [0.05, 0.1) is 5.92 Å². The lowest BCUT2D eigenvalue weighted by atomic mass is 9.86. The van der Waals surface area contributed by atoms with Gasteiger partial charge in [-0.25, -0.2) is 0 Å². The second kappa shape index (κ2) is 9.39. The molecule has 0 bridgehead atoms. The first-order valence-corrected chi connectivity index (χ1v) is 8.86. The maximum atomic E-state index is 12.7. The Bertz CT molecular complexity index is 679. The summed E-state index contributed by atoms with van der Waals surface area (Å²) in [5.41, 5.74) is 1.39. The fourth-order valence-corrected chi connectivity index (χ4v) is 3.07. The van der Waals surface area contributed by atoms with Crippen molar-refractivity contribution in [2.45, 2.75) is 44.9 Å². The molecule has 2 rings (SSSR count). The Morgan fingerprint density at radius 1 is 0.958 bits per heavy atom. The number of unbranched alkanes of at least 4 members (excludes halogenated alkanes) is 2. The summed E-state index contributed by atoms with van der Waals surface area (Å²) < 4.78 is 0. The Morgan fingerprint density at radius 2 is 1.62 bits per heavy atom. The van der Waals surface area contributed by atoms with Crippen molar-refractivity contribution in [2.75, 3.05) is 0 Å². The smallest absolute Gasteiger partial charge is 0.163 e. The Labute approximate surface area is 148 Å². The van der Waals surface area contributed by atoms with Crippen LogP contribution in [-0.4, -0.2) is 11.6 Å². The zero-order chi connectivity index (χ0) is 17.4. The normalized spacial score (nSPS) is 11.9. The van der Waals surface area contributed by atoms with Crippen molar-refractivity contribution in [1.29, 1.82) is 0 Å². The summed E-state index contributed by atoms with van der Waals surface area (Å²) in [7, 11) is 0. The maximum Gasteiger partial charge on any atom is 0.163 e. The first-order chi connectivity index (χ1) is 11.6. The van der Waals surface area contributed by atoms with Crippen molar-refractivity contribution in [1.82, 2.24) is 0 Å². The van der Waals surface area contributed by atoms with Gasteiger partial charge in [-0.3, -0.25) is 9.59 Å². The molecule has 24 heavy (non-hydrogen) atoms. The van der Waals surface area contributed by atoms with Gasteiger partial charge in [0.1, 0.15) is 5.78 Å². The third-order valence-corrected chi connectivity index (χ3v) is 4.53. The summed E-state index contributed by atoms with van der Waals surface area (Å²) in [5.74, 6) is -0.395. The molecule has 1 unspecified atom stereocenters. The predicted octanol–water partition coefficient (Wildman–Crippen LogP) is 5.85. The van der Waals surface area contributed by atoms with Crippen LogP contribution in [0, 0.1) is 0 Å². The van der Waals surface area contributed by atoms with E-state index in [4.69, 9.17) is 11.6 Å². The van der Waals surface area contributed by atoms with Crippen LogP contribution in [0.1, 0.15) is 60.9 Å². The van der Waals surface area contributed by atoms with E-state index >= 15 is 0 Å². The lowest BCUT2D eigenvalue weighted by molar-refractivity contribution is -0.120. The molecule has 0 saturated carbocycles. The van der Waals surface area contributed by atoms with Crippen molar-refractivity contribution < 1.29 is 9.59 Å². The lowest BCUT2D eigenvalue weighted by Gasteiger charge is -2.17. The van der Waals surface area contributed by atoms with E-state index in [2.05, 4.69) is 6.92 Å². The highest BCUT2D eigenvalue weighted by atomic mass is 35.5. The maximum absolute atomic E-state index is 12.7. The van der Waals surface area contributed by atoms with Crippen LogP contribution in [0.5, 0.6) is 0 Å². The number of carbonyl (C=O) groups is 2. The largest absolute Gasteiger partial charge is 0.299 e. The number of benzene rings is 2. The monoisotopic (exact) mass is 342 g/mol. The van der Waals surface area contributed by atoms with E-state index in [1.54, 1.807) is 18.2 Å². The van der Waals surface area contributed by atoms with Gasteiger partial charge >= 0.3 is 0 Å². The second-order valence-electron chi connectivity index (χ2n) is 5.99. The standard InChI is InChI=1S/C21H23ClO2/c1-2-3-5-14-20(23)18(17-12-8-9-13-19(17)22)15-21(24)16-10-6-4-7-11-16/h4,6-13,18H,2-3,5,14-15H2,1H3. The van der Waals surface area contributed by atoms with E-state index in [0.29, 0.717) is 17.0 Å². The average molecular weight is 343 g/mol. The molecule has 0 amide bonds. The molecule has 2 nitrogen and oxygen atoms in total. The zero-order valence-corrected chi connectivity index (χ0v) is 14.8. The minimum atomic E-state index is -0.469. The molecule has 0 aliphatic carbocycles. The molecule has 0 heterocycles. The summed E-state index contributed by atoms with van der Waals surface area (Å²) in [6.07, 6.45) is 3.60. The molecule has 2 aromatic carbocycles. The highest BCUT2D eigenvalue weighted by Crippen LogP contribution is 2.30. The van der Waals surface area contributed by atoms with Crippen LogP contribution < -0.4 is 0 Å². The van der Waals surface area contributed by atoms with Crippen LogP contribution in [0.4, 0.5) is 0 Å². The molecule has 0 fully saturated rings. The second-order valence-corrected chi connectivity index (χ2v) is 6.40. The topological polar surface area (TPSA) is 34.1 Å². The van der Waals surface area contributed by atoms with Gasteiger partial charge in [-0.2, -0.15) is 0 Å². The predicted molar refractivity (Wildman–Crippen MR) is 98.7 cm³/mol. The van der Waals surface area contributed by atoms with Crippen molar-refractivity contribution >= 4 is 23.2 Å². The van der Waals surface area contributed by atoms with Gasteiger partial charge in [0, 0.05) is 23.4 Å². The van der Waals surface area contributed by atoms with Crippen LogP contribution in [0.2, 0.25) is 5.02 Å². The molecule has 3 heteroatoms. The summed E-state index contributed by atoms with van der Waals surface area (Å²) in [5, 5.41) is 0.548. The van der Waals surface area contributed by atoms with E-state index in [1.807, 2.05) is 36.4 Å². The van der Waals surface area contributed by atoms with Crippen molar-refractivity contribution in [3.63, 3.8) is 0 Å². The van der Waals surface area contributed by atoms with Gasteiger partial charge in [0.15, 0.2) is 5.78 Å². The number of hydrogen-bond acceptors (Lipinski definition) is 2. The molecule has 0 spiro atoms. The first kappa shape index (κ1) is 18.4. The van der Waals surface area contributed by atoms with Gasteiger partial charge in [-0.1, -0.05) is 79.9 Å². The number of halogens is 1. The van der Waals surface area contributed by atoms with Gasteiger partial charge in [0.25, 0.3) is 0 Å². The fourth-order valence-electron chi connectivity index (χ4n) is 2.81. The number of Topliss-reactive ketones (excluding diaryl/α,β-unsaturated/α-hetero) is 2. The lowest BCUT2D eigenvalue weighted by Crippen LogP contribution is -2.17. The summed E-state index contributed by atoms with van der Waals surface area (Å²) >= 11 is 6.29. The summed E-state index contributed by atoms with van der Waals surface area (Å²) in [6, 6.07) is 16.4. The van der Waals surface area contributed by atoms with Gasteiger partial charge < -0.3 is 0 Å². The Balaban J connectivity index is 2.21. The van der Waals surface area contributed by atoms with Gasteiger partial charge in [-0.05, 0) is 18.1 Å². The summed E-state index contributed by atoms with van der Waals surface area (Å²) in [4.78, 5) is 25.3. The SMILES string of the molecule is CCCCCC(=O)C(CC(=O)c1ccccc1)c1ccccc1Cl. The molecular weight excluding hydrogens is 320 g/mol. The molecule has 1 atom stereocenters. The Morgan fingerprint density at radius 3 is 2.29 bits per heavy atom. The van der Waals surface area contributed by atoms with Crippen molar-refractivity contribution in [3.8, 4) is 0 Å². The molecule has 0 radical (unpaired) electrons. The van der Waals surface area contributed by atoms with E-state index in [9.17, 15) is 9.59 Å². The minimum absolute atomic E-state index is 0.0237. The Kier molecular flexibility index (Phi) is 7.20. The van der Waals surface area contributed by atoms with E-state index in [-0.39, 0.29) is 18.0 Å². The summed E-state index contributed by atoms with van der Waals surface area (Å²) in [6.45, 7) is 2.11. The van der Waals surface area contributed by atoms with E-state index < -0.39 is 5.92 Å². The van der Waals surface area contributed by atoms with Crippen LogP contribution in [-0.2, 0) is 4.79 Å². The highest BCUT2D eigenvalue weighted by Gasteiger charge is 2.25.